The third-order valence-corrected chi connectivity index (χ3v) is 5.66. The van der Waals surface area contributed by atoms with Crippen LogP contribution in [0.4, 0.5) is 0 Å². The fraction of sp³-hybridized carbons (Fsp3) is 0.909. The van der Waals surface area contributed by atoms with Gasteiger partial charge in [-0.2, -0.15) is 0 Å². The van der Waals surface area contributed by atoms with Gasteiger partial charge in [0.05, 0.1) is 5.75 Å². The lowest BCUT2D eigenvalue weighted by Crippen LogP contribution is -2.35. The van der Waals surface area contributed by atoms with Gasteiger partial charge in [0.25, 0.3) is 0 Å². The molecule has 86 valence electrons. The summed E-state index contributed by atoms with van der Waals surface area (Å²) in [7, 11) is -3.10. The molecule has 1 saturated carbocycles. The van der Waals surface area contributed by atoms with Gasteiger partial charge in [0.15, 0.2) is 15.6 Å². The zero-order chi connectivity index (χ0) is 10.9. The second kappa shape index (κ2) is 4.24. The quantitative estimate of drug-likeness (QED) is 0.738. The van der Waals surface area contributed by atoms with E-state index < -0.39 is 15.1 Å². The van der Waals surface area contributed by atoms with E-state index in [-0.39, 0.29) is 11.5 Å². The summed E-state index contributed by atoms with van der Waals surface area (Å²) < 4.78 is 23.3. The number of sulfone groups is 1. The number of Topliss-reactive ketones (excluding diaryl/α,β-unsaturated/α-hetero) is 1. The molecule has 1 aliphatic heterocycles. The lowest BCUT2D eigenvalue weighted by molar-refractivity contribution is -0.119. The Balaban J connectivity index is 1.91. The maximum atomic E-state index is 11.8. The van der Waals surface area contributed by atoms with Gasteiger partial charge in [-0.1, -0.05) is 19.3 Å². The van der Waals surface area contributed by atoms with E-state index in [0.717, 1.165) is 19.3 Å². The van der Waals surface area contributed by atoms with Crippen molar-refractivity contribution in [1.29, 1.82) is 0 Å². The second-order valence-corrected chi connectivity index (χ2v) is 7.10. The smallest absolute Gasteiger partial charge is 0.160 e. The first kappa shape index (κ1) is 11.1. The Kier molecular flexibility index (Phi) is 3.14. The minimum atomic E-state index is -3.10. The topological polar surface area (TPSA) is 51.2 Å². The summed E-state index contributed by atoms with van der Waals surface area (Å²) in [5, 5.41) is -0.662. The molecule has 1 aliphatic carbocycles. The fourth-order valence-electron chi connectivity index (χ4n) is 2.23. The van der Waals surface area contributed by atoms with E-state index in [2.05, 4.69) is 0 Å². The lowest BCUT2D eigenvalue weighted by atomic mass is 10.1. The molecule has 1 unspecified atom stereocenters. The first-order valence-corrected chi connectivity index (χ1v) is 7.55. The largest absolute Gasteiger partial charge is 0.298 e. The maximum Gasteiger partial charge on any atom is 0.160 e. The molecule has 0 aromatic carbocycles. The summed E-state index contributed by atoms with van der Waals surface area (Å²) in [6, 6.07) is 0. The second-order valence-electron chi connectivity index (χ2n) is 4.80. The Hall–Kier alpha value is -0.380. The van der Waals surface area contributed by atoms with Crippen molar-refractivity contribution in [3.63, 3.8) is 0 Å². The summed E-state index contributed by atoms with van der Waals surface area (Å²) in [6.07, 6.45) is 6.02. The molecule has 15 heavy (non-hydrogen) atoms. The van der Waals surface area contributed by atoms with E-state index in [4.69, 9.17) is 0 Å². The zero-order valence-electron chi connectivity index (χ0n) is 8.94. The SMILES string of the molecule is O=C(CCC1CC1)C1CCCCS1(=O)=O. The minimum absolute atomic E-state index is 0.0263. The predicted octanol–water partition coefficient (Wildman–Crippen LogP) is 1.71. The van der Waals surface area contributed by atoms with Crippen LogP contribution in [-0.4, -0.2) is 25.2 Å². The standard InChI is InChI=1S/C11H18O3S/c12-10(7-6-9-4-5-9)11-3-1-2-8-15(11,13)14/h9,11H,1-8H2. The molecule has 0 aromatic rings. The maximum absolute atomic E-state index is 11.8. The molecule has 2 rings (SSSR count). The van der Waals surface area contributed by atoms with Gasteiger partial charge in [-0.25, -0.2) is 8.42 Å². The van der Waals surface area contributed by atoms with Gasteiger partial charge in [0, 0.05) is 6.42 Å². The van der Waals surface area contributed by atoms with E-state index in [0.29, 0.717) is 18.8 Å². The van der Waals surface area contributed by atoms with Crippen LogP contribution < -0.4 is 0 Å². The molecule has 0 bridgehead atoms. The highest BCUT2D eigenvalue weighted by molar-refractivity contribution is 7.92. The van der Waals surface area contributed by atoms with Crippen LogP contribution in [0, 0.1) is 5.92 Å². The summed E-state index contributed by atoms with van der Waals surface area (Å²) >= 11 is 0. The predicted molar refractivity (Wildman–Crippen MR) is 58.4 cm³/mol. The number of hydrogen-bond acceptors (Lipinski definition) is 3. The third kappa shape index (κ3) is 2.80. The minimum Gasteiger partial charge on any atom is -0.298 e. The van der Waals surface area contributed by atoms with Crippen molar-refractivity contribution in [1.82, 2.24) is 0 Å². The van der Waals surface area contributed by atoms with Crippen molar-refractivity contribution in [3.05, 3.63) is 0 Å². The van der Waals surface area contributed by atoms with Gasteiger partial charge < -0.3 is 0 Å². The first-order chi connectivity index (χ1) is 7.09. The fourth-order valence-corrected chi connectivity index (χ4v) is 4.17. The molecule has 3 nitrogen and oxygen atoms in total. The highest BCUT2D eigenvalue weighted by Crippen LogP contribution is 2.34. The third-order valence-electron chi connectivity index (χ3n) is 3.43. The van der Waals surface area contributed by atoms with Crippen molar-refractivity contribution in [2.75, 3.05) is 5.75 Å². The Morgan fingerprint density at radius 1 is 1.13 bits per heavy atom. The van der Waals surface area contributed by atoms with Crippen molar-refractivity contribution in [2.24, 2.45) is 5.92 Å². The lowest BCUT2D eigenvalue weighted by Gasteiger charge is -2.20. The van der Waals surface area contributed by atoms with E-state index in [1.165, 1.54) is 12.8 Å². The van der Waals surface area contributed by atoms with Gasteiger partial charge in [-0.3, -0.25) is 4.79 Å². The van der Waals surface area contributed by atoms with Crippen LogP contribution >= 0.6 is 0 Å². The van der Waals surface area contributed by atoms with E-state index in [1.807, 2.05) is 0 Å². The molecule has 1 heterocycles. The van der Waals surface area contributed by atoms with Crippen molar-refractivity contribution >= 4 is 15.6 Å². The van der Waals surface area contributed by atoms with Crippen LogP contribution in [0.1, 0.15) is 44.9 Å². The Bertz CT molecular complexity index is 341. The molecule has 1 atom stereocenters. The van der Waals surface area contributed by atoms with Gasteiger partial charge in [-0.15, -0.1) is 0 Å². The Morgan fingerprint density at radius 3 is 2.47 bits per heavy atom. The van der Waals surface area contributed by atoms with Gasteiger partial charge in [0.1, 0.15) is 5.25 Å². The highest BCUT2D eigenvalue weighted by Gasteiger charge is 2.35. The average Bonchev–Trinajstić information content (AvgIpc) is 2.97. The zero-order valence-corrected chi connectivity index (χ0v) is 9.76. The van der Waals surface area contributed by atoms with E-state index >= 15 is 0 Å². The number of carbonyl (C=O) groups excluding carboxylic acids is 1. The monoisotopic (exact) mass is 230 g/mol. The summed E-state index contributed by atoms with van der Waals surface area (Å²) in [5.74, 6) is 0.897. The molecular formula is C11H18O3S. The van der Waals surface area contributed by atoms with Gasteiger partial charge in [0.2, 0.25) is 0 Å². The molecule has 1 saturated heterocycles. The number of ketones is 1. The normalized spacial score (nSPS) is 30.0. The first-order valence-electron chi connectivity index (χ1n) is 5.84. The van der Waals surface area contributed by atoms with Crippen LogP contribution in [0.15, 0.2) is 0 Å². The summed E-state index contributed by atoms with van der Waals surface area (Å²) in [6.45, 7) is 0. The Labute approximate surface area is 91.2 Å². The van der Waals surface area contributed by atoms with Gasteiger partial charge >= 0.3 is 0 Å². The van der Waals surface area contributed by atoms with Crippen molar-refractivity contribution in [2.45, 2.75) is 50.2 Å². The molecule has 4 heteroatoms. The van der Waals surface area contributed by atoms with Crippen LogP contribution in [-0.2, 0) is 14.6 Å². The van der Waals surface area contributed by atoms with Gasteiger partial charge in [-0.05, 0) is 25.2 Å². The summed E-state index contributed by atoms with van der Waals surface area (Å²) in [5.41, 5.74) is 0. The highest BCUT2D eigenvalue weighted by atomic mass is 32.2. The van der Waals surface area contributed by atoms with Crippen LogP contribution in [0.3, 0.4) is 0 Å². The van der Waals surface area contributed by atoms with E-state index in [1.54, 1.807) is 0 Å². The van der Waals surface area contributed by atoms with E-state index in [9.17, 15) is 13.2 Å². The molecule has 2 fully saturated rings. The molecular weight excluding hydrogens is 212 g/mol. The Morgan fingerprint density at radius 2 is 1.87 bits per heavy atom. The molecule has 0 radical (unpaired) electrons. The van der Waals surface area contributed by atoms with Crippen LogP contribution in [0.25, 0.3) is 0 Å². The average molecular weight is 230 g/mol. The molecule has 0 N–H and O–H groups in total. The van der Waals surface area contributed by atoms with Crippen molar-refractivity contribution in [3.8, 4) is 0 Å². The molecule has 0 aromatic heterocycles. The van der Waals surface area contributed by atoms with Crippen molar-refractivity contribution < 1.29 is 13.2 Å². The summed E-state index contributed by atoms with van der Waals surface area (Å²) in [4.78, 5) is 11.8. The molecule has 0 amide bonds. The number of rotatable bonds is 4. The van der Waals surface area contributed by atoms with Crippen LogP contribution in [0.5, 0.6) is 0 Å². The molecule has 2 aliphatic rings. The molecule has 0 spiro atoms. The number of hydrogen-bond donors (Lipinski definition) is 0. The number of carbonyl (C=O) groups is 1. The van der Waals surface area contributed by atoms with Crippen LogP contribution in [0.2, 0.25) is 0 Å².